The lowest BCUT2D eigenvalue weighted by Crippen LogP contribution is -2.13. The van der Waals surface area contributed by atoms with Crippen LogP contribution in [0.4, 0.5) is 24.5 Å². The molecule has 0 aliphatic carbocycles. The van der Waals surface area contributed by atoms with Crippen molar-refractivity contribution in [1.82, 2.24) is 0 Å². The molecular formula is C24H16F3N3O5. The topological polar surface area (TPSA) is 114 Å². The fraction of sp³-hybridized carbons (Fsp3) is 0.0833. The first-order valence-electron chi connectivity index (χ1n) is 9.81. The number of hydrogen-bond acceptors (Lipinski definition) is 6. The third kappa shape index (κ3) is 6.35. The minimum Gasteiger partial charge on any atom is -0.497 e. The number of benzene rings is 3. The lowest BCUT2D eigenvalue weighted by molar-refractivity contribution is -0.385. The number of hydrogen-bond donors (Lipinski definition) is 1. The zero-order valence-electron chi connectivity index (χ0n) is 18.0. The molecule has 0 aliphatic heterocycles. The van der Waals surface area contributed by atoms with Crippen LogP contribution in [0.3, 0.4) is 0 Å². The maximum Gasteiger partial charge on any atom is 0.416 e. The predicted molar refractivity (Wildman–Crippen MR) is 120 cm³/mol. The number of anilines is 1. The van der Waals surface area contributed by atoms with Crippen LogP contribution in [-0.2, 0) is 11.0 Å². The number of rotatable bonds is 7. The zero-order chi connectivity index (χ0) is 25.6. The van der Waals surface area contributed by atoms with Crippen LogP contribution in [0.5, 0.6) is 17.2 Å². The fourth-order valence-electron chi connectivity index (χ4n) is 2.91. The average Bonchev–Trinajstić information content (AvgIpc) is 2.82. The number of nitro groups is 1. The summed E-state index contributed by atoms with van der Waals surface area (Å²) in [6.07, 6.45) is -3.49. The van der Waals surface area contributed by atoms with Crippen molar-refractivity contribution in [2.24, 2.45) is 0 Å². The van der Waals surface area contributed by atoms with Crippen LogP contribution in [0.2, 0.25) is 0 Å². The number of carbonyl (C=O) groups is 1. The van der Waals surface area contributed by atoms with E-state index < -0.39 is 34.0 Å². The number of nitro benzene ring substituents is 1. The van der Waals surface area contributed by atoms with E-state index in [9.17, 15) is 33.3 Å². The summed E-state index contributed by atoms with van der Waals surface area (Å²) in [5.74, 6) is -0.442. The standard InChI is InChI=1S/C24H16F3N3O5/c1-34-19-8-6-18(7-9-19)29-23(31)16(14-28)11-15-3-2-4-20(12-15)35-22-10-5-17(24(25,26)27)13-21(22)30(32)33/h2-13H,1H3,(H,29,31)/b16-11-. The minimum absolute atomic E-state index is 0.0504. The van der Waals surface area contributed by atoms with E-state index in [0.717, 1.165) is 6.07 Å². The van der Waals surface area contributed by atoms with Gasteiger partial charge in [-0.25, -0.2) is 0 Å². The van der Waals surface area contributed by atoms with Gasteiger partial charge < -0.3 is 14.8 Å². The Morgan fingerprint density at radius 1 is 1.09 bits per heavy atom. The lowest BCUT2D eigenvalue weighted by atomic mass is 10.1. The van der Waals surface area contributed by atoms with Crippen molar-refractivity contribution in [2.75, 3.05) is 12.4 Å². The highest BCUT2D eigenvalue weighted by atomic mass is 19.4. The zero-order valence-corrected chi connectivity index (χ0v) is 18.0. The minimum atomic E-state index is -4.76. The van der Waals surface area contributed by atoms with Crippen molar-refractivity contribution < 1.29 is 32.4 Å². The number of alkyl halides is 3. The molecule has 0 spiro atoms. The second-order valence-electron chi connectivity index (χ2n) is 6.96. The maximum absolute atomic E-state index is 12.9. The molecule has 0 atom stereocenters. The van der Waals surface area contributed by atoms with Gasteiger partial charge in [0.05, 0.1) is 17.6 Å². The molecule has 178 valence electrons. The Labute approximate surface area is 197 Å². The normalized spacial score (nSPS) is 11.3. The quantitative estimate of drug-likeness (QED) is 0.192. The Bertz CT molecular complexity index is 1330. The molecule has 0 aromatic heterocycles. The Morgan fingerprint density at radius 2 is 1.80 bits per heavy atom. The van der Waals surface area contributed by atoms with Gasteiger partial charge in [-0.05, 0) is 60.2 Å². The number of ether oxygens (including phenoxy) is 2. The predicted octanol–water partition coefficient (Wildman–Crippen LogP) is 5.96. The number of nitrogens with zero attached hydrogens (tertiary/aromatic N) is 2. The van der Waals surface area contributed by atoms with Crippen molar-refractivity contribution in [3.8, 4) is 23.3 Å². The summed E-state index contributed by atoms with van der Waals surface area (Å²) in [6.45, 7) is 0. The molecule has 0 saturated carbocycles. The molecule has 0 radical (unpaired) electrons. The SMILES string of the molecule is COc1ccc(NC(=O)/C(C#N)=C\c2cccc(Oc3ccc(C(F)(F)F)cc3[N+](=O)[O-])c2)cc1. The highest BCUT2D eigenvalue weighted by Gasteiger charge is 2.33. The first-order chi connectivity index (χ1) is 16.6. The molecule has 1 N–H and O–H groups in total. The summed E-state index contributed by atoms with van der Waals surface area (Å²) >= 11 is 0. The first kappa shape index (κ1) is 24.8. The summed E-state index contributed by atoms with van der Waals surface area (Å²) in [5, 5.41) is 23.3. The molecule has 3 rings (SSSR count). The van der Waals surface area contributed by atoms with Gasteiger partial charge in [-0.3, -0.25) is 14.9 Å². The Balaban J connectivity index is 1.83. The molecule has 0 fully saturated rings. The molecule has 0 aliphatic rings. The molecule has 3 aromatic carbocycles. The van der Waals surface area contributed by atoms with Gasteiger partial charge in [0.25, 0.3) is 5.91 Å². The Hall–Kier alpha value is -4.85. The van der Waals surface area contributed by atoms with Crippen LogP contribution in [-0.4, -0.2) is 17.9 Å². The number of nitrogens with one attached hydrogen (secondary N) is 1. The molecular weight excluding hydrogens is 467 g/mol. The van der Waals surface area contributed by atoms with Gasteiger partial charge in [0, 0.05) is 11.8 Å². The van der Waals surface area contributed by atoms with E-state index in [1.807, 2.05) is 0 Å². The molecule has 11 heteroatoms. The van der Waals surface area contributed by atoms with Gasteiger partial charge >= 0.3 is 11.9 Å². The van der Waals surface area contributed by atoms with Crippen LogP contribution in [0.25, 0.3) is 6.08 Å². The molecule has 3 aromatic rings. The molecule has 1 amide bonds. The van der Waals surface area contributed by atoms with Gasteiger partial charge in [0.15, 0.2) is 0 Å². The van der Waals surface area contributed by atoms with Gasteiger partial charge in [-0.1, -0.05) is 12.1 Å². The molecule has 8 nitrogen and oxygen atoms in total. The van der Waals surface area contributed by atoms with E-state index in [-0.39, 0.29) is 11.3 Å². The number of nitriles is 1. The summed E-state index contributed by atoms with van der Waals surface area (Å²) < 4.78 is 49.2. The van der Waals surface area contributed by atoms with Crippen molar-refractivity contribution in [1.29, 1.82) is 5.26 Å². The van der Waals surface area contributed by atoms with Crippen molar-refractivity contribution >= 4 is 23.4 Å². The number of carbonyl (C=O) groups excluding carboxylic acids is 1. The second-order valence-corrected chi connectivity index (χ2v) is 6.96. The maximum atomic E-state index is 12.9. The smallest absolute Gasteiger partial charge is 0.416 e. The highest BCUT2D eigenvalue weighted by Crippen LogP contribution is 2.38. The van der Waals surface area contributed by atoms with Gasteiger partial charge in [-0.2, -0.15) is 18.4 Å². The fourth-order valence-corrected chi connectivity index (χ4v) is 2.91. The van der Waals surface area contributed by atoms with Crippen LogP contribution < -0.4 is 14.8 Å². The highest BCUT2D eigenvalue weighted by molar-refractivity contribution is 6.09. The van der Waals surface area contributed by atoms with Gasteiger partial charge in [0.1, 0.15) is 23.1 Å². The van der Waals surface area contributed by atoms with Gasteiger partial charge in [-0.15, -0.1) is 0 Å². The second kappa shape index (κ2) is 10.4. The summed E-state index contributed by atoms with van der Waals surface area (Å²) in [4.78, 5) is 22.8. The monoisotopic (exact) mass is 483 g/mol. The summed E-state index contributed by atoms with van der Waals surface area (Å²) in [5.41, 5.74) is -1.51. The lowest BCUT2D eigenvalue weighted by Gasteiger charge is -2.10. The summed E-state index contributed by atoms with van der Waals surface area (Å²) in [7, 11) is 1.50. The number of halogens is 3. The van der Waals surface area contributed by atoms with Crippen molar-refractivity contribution in [2.45, 2.75) is 6.18 Å². The van der Waals surface area contributed by atoms with Crippen LogP contribution >= 0.6 is 0 Å². The Kier molecular flexibility index (Phi) is 7.36. The van der Waals surface area contributed by atoms with E-state index in [0.29, 0.717) is 29.1 Å². The number of methoxy groups -OCH3 is 1. The van der Waals surface area contributed by atoms with Crippen LogP contribution in [0, 0.1) is 21.4 Å². The van der Waals surface area contributed by atoms with Crippen molar-refractivity contribution in [3.05, 3.63) is 93.5 Å². The molecule has 0 heterocycles. The summed E-state index contributed by atoms with van der Waals surface area (Å²) in [6, 6.07) is 16.0. The van der Waals surface area contributed by atoms with E-state index in [2.05, 4.69) is 5.32 Å². The molecule has 0 bridgehead atoms. The van der Waals surface area contributed by atoms with Gasteiger partial charge in [0.2, 0.25) is 5.75 Å². The molecule has 0 unspecified atom stereocenters. The van der Waals surface area contributed by atoms with E-state index in [1.165, 1.54) is 31.4 Å². The van der Waals surface area contributed by atoms with Crippen LogP contribution in [0.1, 0.15) is 11.1 Å². The van der Waals surface area contributed by atoms with E-state index in [4.69, 9.17) is 9.47 Å². The largest absolute Gasteiger partial charge is 0.497 e. The van der Waals surface area contributed by atoms with Crippen molar-refractivity contribution in [3.63, 3.8) is 0 Å². The third-order valence-corrected chi connectivity index (χ3v) is 4.59. The van der Waals surface area contributed by atoms with Crippen LogP contribution in [0.15, 0.2) is 72.3 Å². The first-order valence-corrected chi connectivity index (χ1v) is 9.81. The number of amides is 1. The third-order valence-electron chi connectivity index (χ3n) is 4.59. The Morgan fingerprint density at radius 3 is 2.40 bits per heavy atom. The van der Waals surface area contributed by atoms with E-state index >= 15 is 0 Å². The average molecular weight is 483 g/mol. The van der Waals surface area contributed by atoms with E-state index in [1.54, 1.807) is 36.4 Å². The molecule has 0 saturated heterocycles. The molecule has 35 heavy (non-hydrogen) atoms.